The van der Waals surface area contributed by atoms with Crippen LogP contribution in [0.1, 0.15) is 26.7 Å². The Kier molecular flexibility index (Phi) is 3.13. The molecule has 1 amide bonds. The molecule has 1 N–H and O–H groups in total. The number of likely N-dealkylation sites (tertiary alicyclic amines) is 1. The van der Waals surface area contributed by atoms with Gasteiger partial charge in [-0.3, -0.25) is 4.79 Å². The lowest BCUT2D eigenvalue weighted by Gasteiger charge is -2.39. The van der Waals surface area contributed by atoms with Crippen LogP contribution in [0.3, 0.4) is 0 Å². The van der Waals surface area contributed by atoms with E-state index in [1.54, 1.807) is 7.11 Å². The van der Waals surface area contributed by atoms with Crippen molar-refractivity contribution < 1.29 is 9.53 Å². The van der Waals surface area contributed by atoms with E-state index >= 15 is 0 Å². The van der Waals surface area contributed by atoms with Gasteiger partial charge in [0.15, 0.2) is 0 Å². The summed E-state index contributed by atoms with van der Waals surface area (Å²) in [4.78, 5) is 15.0. The number of methoxy groups -OCH3 is 1. The average Bonchev–Trinajstić information content (AvgIpc) is 2.80. The highest BCUT2D eigenvalue weighted by Crippen LogP contribution is 2.62. The summed E-state index contributed by atoms with van der Waals surface area (Å²) in [6.07, 6.45) is 1.82. The van der Waals surface area contributed by atoms with Gasteiger partial charge in [-0.2, -0.15) is 0 Å². The first-order valence-electron chi connectivity index (χ1n) is 7.50. The van der Waals surface area contributed by atoms with Crippen LogP contribution in [0, 0.1) is 22.7 Å². The summed E-state index contributed by atoms with van der Waals surface area (Å²) < 4.78 is 5.37. The van der Waals surface area contributed by atoms with Gasteiger partial charge in [-0.1, -0.05) is 13.8 Å². The summed E-state index contributed by atoms with van der Waals surface area (Å²) in [7, 11) is 1.71. The van der Waals surface area contributed by atoms with Gasteiger partial charge in [0.05, 0.1) is 12.0 Å². The minimum Gasteiger partial charge on any atom is -0.384 e. The highest BCUT2D eigenvalue weighted by Gasteiger charge is 2.63. The number of amides is 1. The summed E-state index contributed by atoms with van der Waals surface area (Å²) in [6.45, 7) is 9.04. The summed E-state index contributed by atoms with van der Waals surface area (Å²) in [5.41, 5.74) is 0.209. The smallest absolute Gasteiger partial charge is 0.231 e. The number of rotatable bonds is 3. The quantitative estimate of drug-likeness (QED) is 0.832. The average molecular weight is 266 g/mol. The molecule has 3 aliphatic rings. The molecule has 1 saturated carbocycles. The number of nitrogens with one attached hydrogen (secondary N) is 1. The second-order valence-corrected chi connectivity index (χ2v) is 7.21. The lowest BCUT2D eigenvalue weighted by molar-refractivity contribution is -0.147. The van der Waals surface area contributed by atoms with Gasteiger partial charge >= 0.3 is 0 Å². The van der Waals surface area contributed by atoms with Crippen LogP contribution >= 0.6 is 0 Å². The number of nitrogens with zero attached hydrogens (tertiary/aromatic N) is 1. The van der Waals surface area contributed by atoms with Crippen molar-refractivity contribution in [1.82, 2.24) is 10.2 Å². The molecule has 0 aromatic rings. The molecule has 2 unspecified atom stereocenters. The number of hydrogen-bond donors (Lipinski definition) is 1. The van der Waals surface area contributed by atoms with Crippen LogP contribution in [-0.2, 0) is 9.53 Å². The Hall–Kier alpha value is -0.610. The largest absolute Gasteiger partial charge is 0.384 e. The molecule has 0 aromatic carbocycles. The molecule has 3 fully saturated rings. The van der Waals surface area contributed by atoms with E-state index in [0.717, 1.165) is 50.9 Å². The second kappa shape index (κ2) is 4.45. The summed E-state index contributed by atoms with van der Waals surface area (Å²) >= 11 is 0. The van der Waals surface area contributed by atoms with Gasteiger partial charge in [-0.25, -0.2) is 0 Å². The first-order valence-corrected chi connectivity index (χ1v) is 7.50. The maximum Gasteiger partial charge on any atom is 0.231 e. The zero-order chi connectivity index (χ0) is 13.7. The van der Waals surface area contributed by atoms with E-state index in [1.165, 1.54) is 0 Å². The summed E-state index contributed by atoms with van der Waals surface area (Å²) in [5, 5.41) is 3.35. The molecule has 3 rings (SSSR count). The van der Waals surface area contributed by atoms with E-state index in [-0.39, 0.29) is 5.41 Å². The van der Waals surface area contributed by atoms with Crippen molar-refractivity contribution in [3.05, 3.63) is 0 Å². The Bertz CT molecular complexity index is 355. The standard InChI is InChI=1S/C15H26N2O2/c1-14(2)11-8-17(9-12(11)14)13(18)15(10-19-3)4-6-16-7-5-15/h11-12,16H,4-10H2,1-3H3. The number of ether oxygens (including phenoxy) is 1. The molecule has 4 heteroatoms. The highest BCUT2D eigenvalue weighted by atomic mass is 16.5. The SMILES string of the molecule is COCC1(C(=O)N2CC3C(C2)C3(C)C)CCNCC1. The van der Waals surface area contributed by atoms with Gasteiger partial charge in [0, 0.05) is 20.2 Å². The monoisotopic (exact) mass is 266 g/mol. The fourth-order valence-electron chi connectivity index (χ4n) is 4.23. The summed E-state index contributed by atoms with van der Waals surface area (Å²) in [5.74, 6) is 1.81. The minimum atomic E-state index is -0.263. The van der Waals surface area contributed by atoms with Crippen molar-refractivity contribution in [3.63, 3.8) is 0 Å². The first-order chi connectivity index (χ1) is 9.01. The van der Waals surface area contributed by atoms with E-state index in [9.17, 15) is 4.79 Å². The first kappa shape index (κ1) is 13.4. The number of fused-ring (bicyclic) bond motifs is 1. The van der Waals surface area contributed by atoms with Crippen molar-refractivity contribution in [3.8, 4) is 0 Å². The van der Waals surface area contributed by atoms with Gasteiger partial charge in [0.1, 0.15) is 0 Å². The Morgan fingerprint density at radius 3 is 2.37 bits per heavy atom. The van der Waals surface area contributed by atoms with Crippen molar-refractivity contribution in [2.24, 2.45) is 22.7 Å². The zero-order valence-corrected chi connectivity index (χ0v) is 12.4. The molecule has 19 heavy (non-hydrogen) atoms. The van der Waals surface area contributed by atoms with Crippen molar-refractivity contribution in [1.29, 1.82) is 0 Å². The fraction of sp³-hybridized carbons (Fsp3) is 0.933. The molecular weight excluding hydrogens is 240 g/mol. The third kappa shape index (κ3) is 2.00. The number of carbonyl (C=O) groups is 1. The van der Waals surface area contributed by atoms with Crippen LogP contribution in [0.2, 0.25) is 0 Å². The van der Waals surface area contributed by atoms with E-state index in [0.29, 0.717) is 17.9 Å². The van der Waals surface area contributed by atoms with E-state index in [2.05, 4.69) is 24.1 Å². The van der Waals surface area contributed by atoms with Gasteiger partial charge in [-0.15, -0.1) is 0 Å². The van der Waals surface area contributed by atoms with Crippen LogP contribution in [0.25, 0.3) is 0 Å². The number of carbonyl (C=O) groups excluding carboxylic acids is 1. The molecule has 0 spiro atoms. The second-order valence-electron chi connectivity index (χ2n) is 7.21. The Morgan fingerprint density at radius 1 is 1.26 bits per heavy atom. The van der Waals surface area contributed by atoms with Gasteiger partial charge < -0.3 is 15.0 Å². The summed E-state index contributed by atoms with van der Waals surface area (Å²) in [6, 6.07) is 0. The Balaban J connectivity index is 1.68. The van der Waals surface area contributed by atoms with E-state index in [1.807, 2.05) is 0 Å². The molecule has 4 nitrogen and oxygen atoms in total. The molecule has 2 saturated heterocycles. The lowest BCUT2D eigenvalue weighted by atomic mass is 9.78. The van der Waals surface area contributed by atoms with Crippen molar-refractivity contribution >= 4 is 5.91 Å². The van der Waals surface area contributed by atoms with E-state index in [4.69, 9.17) is 4.74 Å². The van der Waals surface area contributed by atoms with Crippen LogP contribution in [0.15, 0.2) is 0 Å². The van der Waals surface area contributed by atoms with Crippen molar-refractivity contribution in [2.75, 3.05) is 39.9 Å². The Morgan fingerprint density at radius 2 is 1.84 bits per heavy atom. The molecular formula is C15H26N2O2. The molecule has 2 heterocycles. The molecule has 0 radical (unpaired) electrons. The third-order valence-corrected chi connectivity index (χ3v) is 5.84. The van der Waals surface area contributed by atoms with Crippen LogP contribution in [0.4, 0.5) is 0 Å². The predicted molar refractivity (Wildman–Crippen MR) is 73.8 cm³/mol. The third-order valence-electron chi connectivity index (χ3n) is 5.84. The fourth-order valence-corrected chi connectivity index (χ4v) is 4.23. The molecule has 0 aromatic heterocycles. The van der Waals surface area contributed by atoms with Crippen molar-refractivity contribution in [2.45, 2.75) is 26.7 Å². The predicted octanol–water partition coefficient (Wildman–Crippen LogP) is 1.12. The zero-order valence-electron chi connectivity index (χ0n) is 12.4. The van der Waals surface area contributed by atoms with Crippen LogP contribution in [0.5, 0.6) is 0 Å². The molecule has 2 atom stereocenters. The van der Waals surface area contributed by atoms with Crippen LogP contribution in [-0.4, -0.2) is 50.7 Å². The maximum absolute atomic E-state index is 12.9. The van der Waals surface area contributed by atoms with Crippen LogP contribution < -0.4 is 5.32 Å². The van der Waals surface area contributed by atoms with Gasteiger partial charge in [0.25, 0.3) is 0 Å². The molecule has 1 aliphatic carbocycles. The van der Waals surface area contributed by atoms with E-state index < -0.39 is 0 Å². The van der Waals surface area contributed by atoms with Gasteiger partial charge in [0.2, 0.25) is 5.91 Å². The normalized spacial score (nSPS) is 35.0. The Labute approximate surface area is 115 Å². The topological polar surface area (TPSA) is 41.6 Å². The lowest BCUT2D eigenvalue weighted by Crippen LogP contribution is -2.51. The number of piperidine rings is 2. The molecule has 108 valence electrons. The molecule has 0 bridgehead atoms. The van der Waals surface area contributed by atoms with Gasteiger partial charge in [-0.05, 0) is 43.2 Å². The maximum atomic E-state index is 12.9. The number of hydrogen-bond acceptors (Lipinski definition) is 3. The molecule has 2 aliphatic heterocycles. The highest BCUT2D eigenvalue weighted by molar-refractivity contribution is 5.83. The minimum absolute atomic E-state index is 0.263.